The maximum Gasteiger partial charge on any atom is 0.161 e. The molecule has 1 aromatic carbocycles. The van der Waals surface area contributed by atoms with Gasteiger partial charge in [-0.2, -0.15) is 0 Å². The second-order valence-electron chi connectivity index (χ2n) is 4.24. The van der Waals surface area contributed by atoms with Gasteiger partial charge in [0.2, 0.25) is 0 Å². The Labute approximate surface area is 127 Å². The van der Waals surface area contributed by atoms with Crippen molar-refractivity contribution in [2.45, 2.75) is 6.04 Å². The smallest absolute Gasteiger partial charge is 0.161 e. The SMILES string of the molecule is CNC(c1ccc(OC)c(OC)c1)c1ccc(Br)cn1. The Bertz CT molecular complexity index is 573. The monoisotopic (exact) mass is 336 g/mol. The van der Waals surface area contributed by atoms with E-state index in [-0.39, 0.29) is 6.04 Å². The number of nitrogens with zero attached hydrogens (tertiary/aromatic N) is 1. The summed E-state index contributed by atoms with van der Waals surface area (Å²) in [6.45, 7) is 0. The van der Waals surface area contributed by atoms with E-state index >= 15 is 0 Å². The zero-order valence-corrected chi connectivity index (χ0v) is 13.3. The molecule has 0 saturated heterocycles. The summed E-state index contributed by atoms with van der Waals surface area (Å²) in [5.74, 6) is 1.43. The van der Waals surface area contributed by atoms with Crippen molar-refractivity contribution in [3.05, 3.63) is 52.3 Å². The van der Waals surface area contributed by atoms with E-state index in [0.29, 0.717) is 5.75 Å². The summed E-state index contributed by atoms with van der Waals surface area (Å²) in [4.78, 5) is 4.44. The lowest BCUT2D eigenvalue weighted by atomic mass is 10.0. The summed E-state index contributed by atoms with van der Waals surface area (Å²) in [6, 6.07) is 9.84. The minimum absolute atomic E-state index is 0.00269. The first kappa shape index (κ1) is 14.8. The van der Waals surface area contributed by atoms with Crippen LogP contribution in [0.5, 0.6) is 11.5 Å². The molecule has 106 valence electrons. The highest BCUT2D eigenvalue weighted by molar-refractivity contribution is 9.10. The Hall–Kier alpha value is -1.59. The van der Waals surface area contributed by atoms with Crippen molar-refractivity contribution in [3.8, 4) is 11.5 Å². The molecule has 0 aliphatic carbocycles. The molecule has 1 unspecified atom stereocenters. The summed E-state index contributed by atoms with van der Waals surface area (Å²) in [5, 5.41) is 3.27. The molecule has 0 saturated carbocycles. The molecule has 20 heavy (non-hydrogen) atoms. The van der Waals surface area contributed by atoms with Crippen LogP contribution in [0.2, 0.25) is 0 Å². The summed E-state index contributed by atoms with van der Waals surface area (Å²) in [6.07, 6.45) is 1.79. The number of benzene rings is 1. The van der Waals surface area contributed by atoms with Gasteiger partial charge in [-0.3, -0.25) is 4.98 Å². The average Bonchev–Trinajstić information content (AvgIpc) is 2.49. The van der Waals surface area contributed by atoms with Crippen LogP contribution in [0.4, 0.5) is 0 Å². The molecule has 5 heteroatoms. The van der Waals surface area contributed by atoms with Crippen LogP contribution >= 0.6 is 15.9 Å². The molecular formula is C15H17BrN2O2. The van der Waals surface area contributed by atoms with Crippen molar-refractivity contribution in [2.75, 3.05) is 21.3 Å². The normalized spacial score (nSPS) is 12.0. The molecule has 0 aliphatic heterocycles. The van der Waals surface area contributed by atoms with Crippen LogP contribution in [-0.2, 0) is 0 Å². The number of hydrogen-bond donors (Lipinski definition) is 1. The summed E-state index contributed by atoms with van der Waals surface area (Å²) < 4.78 is 11.6. The molecule has 1 atom stereocenters. The van der Waals surface area contributed by atoms with Crippen LogP contribution in [0, 0.1) is 0 Å². The third kappa shape index (κ3) is 3.11. The molecule has 0 spiro atoms. The fraction of sp³-hybridized carbons (Fsp3) is 0.267. The standard InChI is InChI=1S/C15H17BrN2O2/c1-17-15(12-6-5-11(16)9-18-12)10-4-7-13(19-2)14(8-10)20-3/h4-9,15,17H,1-3H3. The predicted octanol–water partition coefficient (Wildman–Crippen LogP) is 3.17. The molecule has 0 radical (unpaired) electrons. The Morgan fingerprint density at radius 3 is 2.40 bits per heavy atom. The van der Waals surface area contributed by atoms with E-state index in [1.807, 2.05) is 37.4 Å². The average molecular weight is 337 g/mol. The lowest BCUT2D eigenvalue weighted by Gasteiger charge is -2.18. The molecule has 0 amide bonds. The number of pyridine rings is 1. The minimum Gasteiger partial charge on any atom is -0.493 e. The van der Waals surface area contributed by atoms with E-state index < -0.39 is 0 Å². The maximum absolute atomic E-state index is 5.35. The Morgan fingerprint density at radius 2 is 1.85 bits per heavy atom. The van der Waals surface area contributed by atoms with Gasteiger partial charge in [0.15, 0.2) is 11.5 Å². The second kappa shape index (κ2) is 6.72. The molecule has 1 N–H and O–H groups in total. The highest BCUT2D eigenvalue weighted by Crippen LogP contribution is 2.31. The van der Waals surface area contributed by atoms with Crippen molar-refractivity contribution in [1.82, 2.24) is 10.3 Å². The summed E-state index contributed by atoms with van der Waals surface area (Å²) >= 11 is 3.39. The Kier molecular flexibility index (Phi) is 4.98. The van der Waals surface area contributed by atoms with Gasteiger partial charge in [-0.15, -0.1) is 0 Å². The van der Waals surface area contributed by atoms with Gasteiger partial charge < -0.3 is 14.8 Å². The van der Waals surface area contributed by atoms with E-state index in [4.69, 9.17) is 9.47 Å². The van der Waals surface area contributed by atoms with Crippen molar-refractivity contribution >= 4 is 15.9 Å². The second-order valence-corrected chi connectivity index (χ2v) is 5.15. The van der Waals surface area contributed by atoms with E-state index in [2.05, 4.69) is 26.2 Å². The van der Waals surface area contributed by atoms with Gasteiger partial charge >= 0.3 is 0 Å². The van der Waals surface area contributed by atoms with E-state index in [9.17, 15) is 0 Å². The molecule has 2 aromatic rings. The highest BCUT2D eigenvalue weighted by Gasteiger charge is 2.15. The van der Waals surface area contributed by atoms with Crippen molar-refractivity contribution in [1.29, 1.82) is 0 Å². The van der Waals surface area contributed by atoms with Crippen molar-refractivity contribution in [3.63, 3.8) is 0 Å². The van der Waals surface area contributed by atoms with Crippen LogP contribution in [0.3, 0.4) is 0 Å². The largest absolute Gasteiger partial charge is 0.493 e. The van der Waals surface area contributed by atoms with Gasteiger partial charge in [0.1, 0.15) is 0 Å². The van der Waals surface area contributed by atoms with Gasteiger partial charge in [-0.05, 0) is 52.8 Å². The summed E-state index contributed by atoms with van der Waals surface area (Å²) in [7, 11) is 5.17. The van der Waals surface area contributed by atoms with Crippen LogP contribution in [-0.4, -0.2) is 26.3 Å². The topological polar surface area (TPSA) is 43.4 Å². The molecule has 4 nitrogen and oxygen atoms in total. The fourth-order valence-corrected chi connectivity index (χ4v) is 2.31. The number of rotatable bonds is 5. The molecule has 0 fully saturated rings. The molecule has 2 rings (SSSR count). The van der Waals surface area contributed by atoms with E-state index in [1.165, 1.54) is 0 Å². The summed E-state index contributed by atoms with van der Waals surface area (Å²) in [5.41, 5.74) is 2.02. The third-order valence-corrected chi connectivity index (χ3v) is 3.54. The van der Waals surface area contributed by atoms with Crippen molar-refractivity contribution in [2.24, 2.45) is 0 Å². The van der Waals surface area contributed by atoms with Crippen LogP contribution in [0.25, 0.3) is 0 Å². The van der Waals surface area contributed by atoms with Crippen LogP contribution in [0.1, 0.15) is 17.3 Å². The Balaban J connectivity index is 2.39. The lowest BCUT2D eigenvalue weighted by molar-refractivity contribution is 0.354. The zero-order chi connectivity index (χ0) is 14.5. The molecule has 1 heterocycles. The number of aromatic nitrogens is 1. The molecular weight excluding hydrogens is 320 g/mol. The Morgan fingerprint density at radius 1 is 1.10 bits per heavy atom. The number of ether oxygens (including phenoxy) is 2. The van der Waals surface area contributed by atoms with Gasteiger partial charge in [-0.1, -0.05) is 6.07 Å². The van der Waals surface area contributed by atoms with Gasteiger partial charge in [-0.25, -0.2) is 0 Å². The van der Waals surface area contributed by atoms with Crippen LogP contribution < -0.4 is 14.8 Å². The van der Waals surface area contributed by atoms with Crippen molar-refractivity contribution < 1.29 is 9.47 Å². The van der Waals surface area contributed by atoms with Crippen LogP contribution in [0.15, 0.2) is 41.0 Å². The number of hydrogen-bond acceptors (Lipinski definition) is 4. The lowest BCUT2D eigenvalue weighted by Crippen LogP contribution is -2.18. The number of nitrogens with one attached hydrogen (secondary N) is 1. The molecule has 1 aromatic heterocycles. The quantitative estimate of drug-likeness (QED) is 0.910. The van der Waals surface area contributed by atoms with E-state index in [1.54, 1.807) is 20.4 Å². The molecule has 0 bridgehead atoms. The first-order valence-electron chi connectivity index (χ1n) is 6.20. The minimum atomic E-state index is 0.00269. The van der Waals surface area contributed by atoms with Gasteiger partial charge in [0.05, 0.1) is 26.0 Å². The number of methoxy groups -OCH3 is 2. The van der Waals surface area contributed by atoms with Gasteiger partial charge in [0, 0.05) is 10.7 Å². The third-order valence-electron chi connectivity index (χ3n) is 3.08. The first-order chi connectivity index (χ1) is 9.69. The maximum atomic E-state index is 5.35. The first-order valence-corrected chi connectivity index (χ1v) is 6.99. The molecule has 0 aliphatic rings. The zero-order valence-electron chi connectivity index (χ0n) is 11.7. The highest BCUT2D eigenvalue weighted by atomic mass is 79.9. The number of halogens is 1. The van der Waals surface area contributed by atoms with E-state index in [0.717, 1.165) is 21.5 Å². The van der Waals surface area contributed by atoms with Gasteiger partial charge in [0.25, 0.3) is 0 Å². The predicted molar refractivity (Wildman–Crippen MR) is 82.4 cm³/mol. The fourth-order valence-electron chi connectivity index (χ4n) is 2.08.